The first-order valence-corrected chi connectivity index (χ1v) is 3.80. The highest BCUT2D eigenvalue weighted by molar-refractivity contribution is 5.37. The average Bonchev–Trinajstić information content (AvgIpc) is 2.05. The van der Waals surface area contributed by atoms with E-state index < -0.39 is 24.1 Å². The van der Waals surface area contributed by atoms with Crippen molar-refractivity contribution in [2.75, 3.05) is 0 Å². The summed E-state index contributed by atoms with van der Waals surface area (Å²) < 4.78 is 63.7. The Balaban J connectivity index is 3.14. The van der Waals surface area contributed by atoms with E-state index in [0.717, 1.165) is 19.2 Å². The van der Waals surface area contributed by atoms with Crippen molar-refractivity contribution < 1.29 is 26.7 Å². The van der Waals surface area contributed by atoms with E-state index in [1.165, 1.54) is 0 Å². The first-order chi connectivity index (χ1) is 6.81. The summed E-state index contributed by atoms with van der Waals surface area (Å²) in [7, 11) is 0. The van der Waals surface area contributed by atoms with Crippen LogP contribution in [0.15, 0.2) is 12.3 Å². The van der Waals surface area contributed by atoms with Gasteiger partial charge in [-0.25, -0.2) is 8.78 Å². The molecule has 84 valence electrons. The molecule has 0 N–H and O–H groups in total. The standard InChI is InChI=1S/C8H6F5NO/c1-4-6(15-8(11,12)13)5(7(9)10)2-3-14-4/h2-3,7H,1H3. The fourth-order valence-electron chi connectivity index (χ4n) is 0.993. The van der Waals surface area contributed by atoms with Gasteiger partial charge in [-0.3, -0.25) is 4.98 Å². The largest absolute Gasteiger partial charge is 0.573 e. The predicted molar refractivity (Wildman–Crippen MR) is 40.6 cm³/mol. The van der Waals surface area contributed by atoms with Crippen LogP contribution in [0.25, 0.3) is 0 Å². The first-order valence-electron chi connectivity index (χ1n) is 3.80. The highest BCUT2D eigenvalue weighted by Crippen LogP contribution is 2.34. The van der Waals surface area contributed by atoms with E-state index in [1.54, 1.807) is 0 Å². The lowest BCUT2D eigenvalue weighted by Crippen LogP contribution is -2.19. The van der Waals surface area contributed by atoms with Gasteiger partial charge in [-0.2, -0.15) is 0 Å². The Kier molecular flexibility index (Phi) is 3.11. The monoisotopic (exact) mass is 227 g/mol. The Hall–Kier alpha value is -1.40. The van der Waals surface area contributed by atoms with Crippen LogP contribution in [0.3, 0.4) is 0 Å². The quantitative estimate of drug-likeness (QED) is 0.723. The van der Waals surface area contributed by atoms with Gasteiger partial charge >= 0.3 is 6.36 Å². The Morgan fingerprint density at radius 3 is 2.40 bits per heavy atom. The van der Waals surface area contributed by atoms with Gasteiger partial charge in [-0.1, -0.05) is 0 Å². The number of alkyl halides is 5. The molecule has 0 saturated carbocycles. The van der Waals surface area contributed by atoms with Crippen molar-refractivity contribution in [1.29, 1.82) is 0 Å². The van der Waals surface area contributed by atoms with Gasteiger partial charge in [0.2, 0.25) is 0 Å². The lowest BCUT2D eigenvalue weighted by atomic mass is 10.2. The summed E-state index contributed by atoms with van der Waals surface area (Å²) in [6, 6.07) is 0.790. The molecule has 15 heavy (non-hydrogen) atoms. The molecule has 1 aromatic rings. The van der Waals surface area contributed by atoms with Gasteiger partial charge in [0.05, 0.1) is 11.3 Å². The van der Waals surface area contributed by atoms with Crippen LogP contribution in [-0.4, -0.2) is 11.3 Å². The van der Waals surface area contributed by atoms with E-state index >= 15 is 0 Å². The molecule has 0 bridgehead atoms. The Bertz CT molecular complexity index is 349. The summed E-state index contributed by atoms with van der Waals surface area (Å²) in [5.41, 5.74) is -1.05. The zero-order valence-corrected chi connectivity index (χ0v) is 7.48. The lowest BCUT2D eigenvalue weighted by molar-refractivity contribution is -0.275. The molecule has 7 heteroatoms. The fraction of sp³-hybridized carbons (Fsp3) is 0.375. The Morgan fingerprint density at radius 1 is 1.33 bits per heavy atom. The van der Waals surface area contributed by atoms with Crippen molar-refractivity contribution in [1.82, 2.24) is 4.98 Å². The van der Waals surface area contributed by atoms with E-state index in [1.807, 2.05) is 0 Å². The second kappa shape index (κ2) is 4.00. The van der Waals surface area contributed by atoms with Gasteiger partial charge in [0, 0.05) is 6.20 Å². The van der Waals surface area contributed by atoms with E-state index in [-0.39, 0.29) is 5.69 Å². The maximum absolute atomic E-state index is 12.3. The van der Waals surface area contributed by atoms with Gasteiger partial charge in [0.15, 0.2) is 5.75 Å². The van der Waals surface area contributed by atoms with Crippen molar-refractivity contribution in [2.45, 2.75) is 19.7 Å². The topological polar surface area (TPSA) is 22.1 Å². The third kappa shape index (κ3) is 3.03. The van der Waals surface area contributed by atoms with Crippen molar-refractivity contribution in [3.63, 3.8) is 0 Å². The highest BCUT2D eigenvalue weighted by atomic mass is 19.4. The first kappa shape index (κ1) is 11.7. The molecule has 0 amide bonds. The molecule has 0 radical (unpaired) electrons. The Labute approximate surface area is 81.7 Å². The van der Waals surface area contributed by atoms with Crippen molar-refractivity contribution in [2.24, 2.45) is 0 Å². The molecule has 1 rings (SSSR count). The van der Waals surface area contributed by atoms with Gasteiger partial charge in [0.1, 0.15) is 0 Å². The zero-order valence-electron chi connectivity index (χ0n) is 7.48. The smallest absolute Gasteiger partial charge is 0.403 e. The molecular formula is C8H6F5NO. The summed E-state index contributed by atoms with van der Waals surface area (Å²) in [6.45, 7) is 1.16. The van der Waals surface area contributed by atoms with Gasteiger partial charge in [-0.05, 0) is 13.0 Å². The predicted octanol–water partition coefficient (Wildman–Crippen LogP) is 3.23. The number of aromatic nitrogens is 1. The molecule has 1 heterocycles. The summed E-state index contributed by atoms with van der Waals surface area (Å²) in [5.74, 6) is -0.931. The molecule has 0 fully saturated rings. The van der Waals surface area contributed by atoms with Crippen LogP contribution in [0.4, 0.5) is 22.0 Å². The molecule has 0 atom stereocenters. The van der Waals surface area contributed by atoms with E-state index in [0.29, 0.717) is 0 Å². The maximum Gasteiger partial charge on any atom is 0.573 e. The van der Waals surface area contributed by atoms with Gasteiger partial charge in [-0.15, -0.1) is 13.2 Å². The van der Waals surface area contributed by atoms with E-state index in [9.17, 15) is 22.0 Å². The number of hydrogen-bond donors (Lipinski definition) is 0. The molecule has 0 aliphatic heterocycles. The van der Waals surface area contributed by atoms with Crippen LogP contribution in [0.1, 0.15) is 17.7 Å². The van der Waals surface area contributed by atoms with Gasteiger partial charge in [0.25, 0.3) is 6.43 Å². The summed E-state index contributed by atoms with van der Waals surface area (Å²) >= 11 is 0. The third-order valence-electron chi connectivity index (χ3n) is 1.57. The molecule has 0 aromatic carbocycles. The molecular weight excluding hydrogens is 221 g/mol. The molecule has 2 nitrogen and oxygen atoms in total. The number of nitrogens with zero attached hydrogens (tertiary/aromatic N) is 1. The van der Waals surface area contributed by atoms with Crippen LogP contribution >= 0.6 is 0 Å². The normalized spacial score (nSPS) is 11.9. The average molecular weight is 227 g/mol. The van der Waals surface area contributed by atoms with Crippen molar-refractivity contribution in [3.8, 4) is 5.75 Å². The maximum atomic E-state index is 12.3. The van der Waals surface area contributed by atoms with Crippen LogP contribution in [0.5, 0.6) is 5.75 Å². The zero-order chi connectivity index (χ0) is 11.6. The number of hydrogen-bond acceptors (Lipinski definition) is 2. The molecule has 1 aromatic heterocycles. The number of aryl methyl sites for hydroxylation is 1. The number of rotatable bonds is 2. The summed E-state index contributed by atoms with van der Waals surface area (Å²) in [5, 5.41) is 0. The van der Waals surface area contributed by atoms with Gasteiger partial charge < -0.3 is 4.74 Å². The number of pyridine rings is 1. The van der Waals surface area contributed by atoms with Crippen molar-refractivity contribution >= 4 is 0 Å². The molecule has 0 spiro atoms. The van der Waals surface area contributed by atoms with Crippen LogP contribution in [0.2, 0.25) is 0 Å². The van der Waals surface area contributed by atoms with Crippen LogP contribution in [-0.2, 0) is 0 Å². The summed E-state index contributed by atoms with van der Waals surface area (Å²) in [6.07, 6.45) is -7.04. The fourth-order valence-corrected chi connectivity index (χ4v) is 0.993. The number of ether oxygens (including phenoxy) is 1. The third-order valence-corrected chi connectivity index (χ3v) is 1.57. The van der Waals surface area contributed by atoms with E-state index in [4.69, 9.17) is 0 Å². The SMILES string of the molecule is Cc1nccc(C(F)F)c1OC(F)(F)F. The second-order valence-electron chi connectivity index (χ2n) is 2.66. The van der Waals surface area contributed by atoms with E-state index in [2.05, 4.69) is 9.72 Å². The minimum atomic E-state index is -5.00. The highest BCUT2D eigenvalue weighted by Gasteiger charge is 2.34. The minimum absolute atomic E-state index is 0.231. The molecule has 0 aliphatic carbocycles. The van der Waals surface area contributed by atoms with Crippen molar-refractivity contribution in [3.05, 3.63) is 23.5 Å². The molecule has 0 saturated heterocycles. The Morgan fingerprint density at radius 2 is 1.93 bits per heavy atom. The van der Waals surface area contributed by atoms with Crippen LogP contribution in [0, 0.1) is 6.92 Å². The molecule has 0 unspecified atom stereocenters. The van der Waals surface area contributed by atoms with Crippen LogP contribution < -0.4 is 4.74 Å². The molecule has 0 aliphatic rings. The number of halogens is 5. The summed E-state index contributed by atoms with van der Waals surface area (Å²) in [4.78, 5) is 3.45. The lowest BCUT2D eigenvalue weighted by Gasteiger charge is -2.14. The second-order valence-corrected chi connectivity index (χ2v) is 2.66. The minimum Gasteiger partial charge on any atom is -0.403 e.